The lowest BCUT2D eigenvalue weighted by atomic mass is 10.1. The van der Waals surface area contributed by atoms with Crippen molar-refractivity contribution in [3.63, 3.8) is 0 Å². The maximum atomic E-state index is 11.9. The molecule has 96 valence electrons. The predicted octanol–water partition coefficient (Wildman–Crippen LogP) is 2.49. The van der Waals surface area contributed by atoms with Gasteiger partial charge in [0.15, 0.2) is 0 Å². The zero-order valence-electron chi connectivity index (χ0n) is 9.73. The number of carboxylic acid groups (broad SMARTS) is 1. The molecule has 0 bridgehead atoms. The van der Waals surface area contributed by atoms with Gasteiger partial charge in [-0.25, -0.2) is 4.79 Å². The minimum atomic E-state index is -1.07. The number of halogens is 1. The molecule has 1 atom stereocenters. The lowest BCUT2D eigenvalue weighted by Gasteiger charge is -2.14. The summed E-state index contributed by atoms with van der Waals surface area (Å²) in [5.41, 5.74) is 0.268. The molecule has 18 heavy (non-hydrogen) atoms. The van der Waals surface area contributed by atoms with Crippen molar-refractivity contribution < 1.29 is 14.7 Å². The van der Waals surface area contributed by atoms with E-state index in [0.717, 1.165) is 0 Å². The summed E-state index contributed by atoms with van der Waals surface area (Å²) < 4.78 is 0. The highest BCUT2D eigenvalue weighted by atomic mass is 35.5. The van der Waals surface area contributed by atoms with Crippen LogP contribution in [0.3, 0.4) is 0 Å². The second kappa shape index (κ2) is 6.81. The van der Waals surface area contributed by atoms with Crippen LogP contribution in [-0.2, 0) is 4.79 Å². The van der Waals surface area contributed by atoms with Crippen LogP contribution >= 0.6 is 11.6 Å². The van der Waals surface area contributed by atoms with Crippen LogP contribution in [0.15, 0.2) is 36.9 Å². The number of carbonyl (C=O) groups is 2. The quantitative estimate of drug-likeness (QED) is 0.778. The molecule has 4 nitrogen and oxygen atoms in total. The molecule has 0 fully saturated rings. The lowest BCUT2D eigenvalue weighted by Crippen LogP contribution is -2.40. The third kappa shape index (κ3) is 3.89. The largest absolute Gasteiger partial charge is 0.480 e. The van der Waals surface area contributed by atoms with E-state index in [9.17, 15) is 9.59 Å². The summed E-state index contributed by atoms with van der Waals surface area (Å²) in [7, 11) is 0. The number of hydrogen-bond donors (Lipinski definition) is 2. The van der Waals surface area contributed by atoms with E-state index in [1.165, 1.54) is 0 Å². The van der Waals surface area contributed by atoms with Gasteiger partial charge in [0.2, 0.25) is 0 Å². The monoisotopic (exact) mass is 267 g/mol. The van der Waals surface area contributed by atoms with Crippen LogP contribution < -0.4 is 5.32 Å². The highest BCUT2D eigenvalue weighted by Crippen LogP contribution is 2.15. The van der Waals surface area contributed by atoms with Gasteiger partial charge < -0.3 is 10.4 Å². The Hall–Kier alpha value is -1.81. The molecule has 1 amide bonds. The SMILES string of the molecule is C=CCC[C@H](NC(=O)c1ccccc1Cl)C(=O)O. The number of amides is 1. The molecule has 0 aliphatic rings. The average Bonchev–Trinajstić information content (AvgIpc) is 2.34. The summed E-state index contributed by atoms with van der Waals surface area (Å²) in [6.07, 6.45) is 2.42. The van der Waals surface area contributed by atoms with E-state index in [4.69, 9.17) is 16.7 Å². The zero-order chi connectivity index (χ0) is 13.5. The minimum Gasteiger partial charge on any atom is -0.480 e. The van der Waals surface area contributed by atoms with Gasteiger partial charge in [-0.15, -0.1) is 6.58 Å². The first-order chi connectivity index (χ1) is 8.56. The fourth-order valence-electron chi connectivity index (χ4n) is 1.42. The van der Waals surface area contributed by atoms with Crippen molar-refractivity contribution in [3.8, 4) is 0 Å². The number of nitrogens with one attached hydrogen (secondary N) is 1. The second-order valence-electron chi connectivity index (χ2n) is 3.71. The van der Waals surface area contributed by atoms with Gasteiger partial charge >= 0.3 is 5.97 Å². The molecule has 0 aliphatic carbocycles. The molecule has 0 aromatic heterocycles. The fourth-order valence-corrected chi connectivity index (χ4v) is 1.64. The van der Waals surface area contributed by atoms with Crippen molar-refractivity contribution in [1.29, 1.82) is 0 Å². The zero-order valence-corrected chi connectivity index (χ0v) is 10.5. The number of carboxylic acids is 1. The number of benzene rings is 1. The molecule has 2 N–H and O–H groups in total. The van der Waals surface area contributed by atoms with Gasteiger partial charge in [0.05, 0.1) is 10.6 Å². The highest BCUT2D eigenvalue weighted by Gasteiger charge is 2.20. The molecule has 0 spiro atoms. The van der Waals surface area contributed by atoms with Crippen LogP contribution in [0.4, 0.5) is 0 Å². The topological polar surface area (TPSA) is 66.4 Å². The molecule has 0 radical (unpaired) electrons. The summed E-state index contributed by atoms with van der Waals surface area (Å²) in [5.74, 6) is -1.56. The number of aliphatic carboxylic acids is 1. The van der Waals surface area contributed by atoms with Crippen LogP contribution in [0.2, 0.25) is 5.02 Å². The van der Waals surface area contributed by atoms with E-state index in [1.807, 2.05) is 0 Å². The molecule has 5 heteroatoms. The van der Waals surface area contributed by atoms with Gasteiger partial charge in [-0.1, -0.05) is 29.8 Å². The van der Waals surface area contributed by atoms with E-state index >= 15 is 0 Å². The molecular weight excluding hydrogens is 254 g/mol. The number of hydrogen-bond acceptors (Lipinski definition) is 2. The Kier molecular flexibility index (Phi) is 5.39. The smallest absolute Gasteiger partial charge is 0.326 e. The van der Waals surface area contributed by atoms with Gasteiger partial charge in [0.1, 0.15) is 6.04 Å². The van der Waals surface area contributed by atoms with E-state index in [-0.39, 0.29) is 5.56 Å². The van der Waals surface area contributed by atoms with Crippen molar-refractivity contribution in [2.45, 2.75) is 18.9 Å². The fraction of sp³-hybridized carbons (Fsp3) is 0.231. The number of carbonyl (C=O) groups excluding carboxylic acids is 1. The Labute approximate surface area is 110 Å². The van der Waals surface area contributed by atoms with Crippen LogP contribution in [-0.4, -0.2) is 23.0 Å². The van der Waals surface area contributed by atoms with Crippen molar-refractivity contribution in [3.05, 3.63) is 47.5 Å². The summed E-state index contributed by atoms with van der Waals surface area (Å²) >= 11 is 5.86. The van der Waals surface area contributed by atoms with E-state index in [2.05, 4.69) is 11.9 Å². The molecule has 1 aromatic carbocycles. The van der Waals surface area contributed by atoms with Crippen molar-refractivity contribution in [1.82, 2.24) is 5.32 Å². The van der Waals surface area contributed by atoms with E-state index in [1.54, 1.807) is 30.3 Å². The van der Waals surface area contributed by atoms with Crippen molar-refractivity contribution in [2.24, 2.45) is 0 Å². The summed E-state index contributed by atoms with van der Waals surface area (Å²) in [6.45, 7) is 3.52. The average molecular weight is 268 g/mol. The van der Waals surface area contributed by atoms with Crippen molar-refractivity contribution in [2.75, 3.05) is 0 Å². The first kappa shape index (κ1) is 14.3. The maximum absolute atomic E-state index is 11.9. The van der Waals surface area contributed by atoms with Gasteiger partial charge in [-0.3, -0.25) is 4.79 Å². The number of rotatable bonds is 6. The third-order valence-corrected chi connectivity index (χ3v) is 2.71. The predicted molar refractivity (Wildman–Crippen MR) is 69.8 cm³/mol. The van der Waals surface area contributed by atoms with E-state index < -0.39 is 17.9 Å². The van der Waals surface area contributed by atoms with Crippen LogP contribution in [0, 0.1) is 0 Å². The summed E-state index contributed by atoms with van der Waals surface area (Å²) in [6, 6.07) is 5.55. The third-order valence-electron chi connectivity index (χ3n) is 2.38. The van der Waals surface area contributed by atoms with Gasteiger partial charge in [0, 0.05) is 0 Å². The second-order valence-corrected chi connectivity index (χ2v) is 4.12. The molecule has 1 rings (SSSR count). The maximum Gasteiger partial charge on any atom is 0.326 e. The van der Waals surface area contributed by atoms with Crippen LogP contribution in [0.1, 0.15) is 23.2 Å². The Morgan fingerprint density at radius 2 is 2.11 bits per heavy atom. The van der Waals surface area contributed by atoms with Gasteiger partial charge in [-0.05, 0) is 25.0 Å². The normalized spacial score (nSPS) is 11.6. The molecule has 1 aromatic rings. The lowest BCUT2D eigenvalue weighted by molar-refractivity contribution is -0.139. The molecule has 0 unspecified atom stereocenters. The molecule has 0 saturated carbocycles. The van der Waals surface area contributed by atoms with Gasteiger partial charge in [-0.2, -0.15) is 0 Å². The van der Waals surface area contributed by atoms with E-state index in [0.29, 0.717) is 17.9 Å². The molecule has 0 saturated heterocycles. The molecule has 0 heterocycles. The minimum absolute atomic E-state index is 0.268. The first-order valence-electron chi connectivity index (χ1n) is 5.45. The Balaban J connectivity index is 2.75. The standard InChI is InChI=1S/C13H14ClNO3/c1-2-3-8-11(13(17)18)15-12(16)9-6-4-5-7-10(9)14/h2,4-7,11H,1,3,8H2,(H,15,16)(H,17,18)/t11-/m0/s1. The molecule has 0 aliphatic heterocycles. The highest BCUT2D eigenvalue weighted by molar-refractivity contribution is 6.33. The number of allylic oxidation sites excluding steroid dienone is 1. The Bertz CT molecular complexity index is 459. The Morgan fingerprint density at radius 1 is 1.44 bits per heavy atom. The Morgan fingerprint density at radius 3 is 2.67 bits per heavy atom. The van der Waals surface area contributed by atoms with Gasteiger partial charge in [0.25, 0.3) is 5.91 Å². The van der Waals surface area contributed by atoms with Crippen LogP contribution in [0.5, 0.6) is 0 Å². The van der Waals surface area contributed by atoms with Crippen molar-refractivity contribution >= 4 is 23.5 Å². The molecular formula is C13H14ClNO3. The first-order valence-corrected chi connectivity index (χ1v) is 5.83. The summed E-state index contributed by atoms with van der Waals surface area (Å²) in [5, 5.41) is 11.7. The van der Waals surface area contributed by atoms with Crippen LogP contribution in [0.25, 0.3) is 0 Å². The summed E-state index contributed by atoms with van der Waals surface area (Å²) in [4.78, 5) is 22.8.